The van der Waals surface area contributed by atoms with Gasteiger partial charge < -0.3 is 0 Å². The summed E-state index contributed by atoms with van der Waals surface area (Å²) >= 11 is 0. The van der Waals surface area contributed by atoms with Crippen LogP contribution in [0.5, 0.6) is 0 Å². The van der Waals surface area contributed by atoms with Crippen LogP contribution in [0.25, 0.3) is 11.2 Å². The summed E-state index contributed by atoms with van der Waals surface area (Å²) in [4.78, 5) is 16.6. The Labute approximate surface area is 106 Å². The van der Waals surface area contributed by atoms with Crippen LogP contribution in [0.15, 0.2) is 23.1 Å². The molecule has 0 N–H and O–H groups in total. The second-order valence-corrected chi connectivity index (χ2v) is 5.30. The van der Waals surface area contributed by atoms with E-state index in [4.69, 9.17) is 0 Å². The minimum Gasteiger partial charge on any atom is -0.293 e. The second-order valence-electron chi connectivity index (χ2n) is 5.30. The molecule has 3 rings (SSSR count). The molecule has 4 heteroatoms. The highest BCUT2D eigenvalue weighted by molar-refractivity contribution is 5.71. The Morgan fingerprint density at radius 1 is 1.33 bits per heavy atom. The van der Waals surface area contributed by atoms with E-state index in [1.54, 1.807) is 10.8 Å². The van der Waals surface area contributed by atoms with Gasteiger partial charge in [-0.1, -0.05) is 19.3 Å². The molecule has 1 fully saturated rings. The zero-order valence-corrected chi connectivity index (χ0v) is 10.8. The van der Waals surface area contributed by atoms with Crippen LogP contribution in [0.3, 0.4) is 0 Å². The van der Waals surface area contributed by atoms with Crippen molar-refractivity contribution < 1.29 is 0 Å². The molecule has 0 amide bonds. The smallest absolute Gasteiger partial charge is 0.293 e. The van der Waals surface area contributed by atoms with Gasteiger partial charge in [0.1, 0.15) is 0 Å². The van der Waals surface area contributed by atoms with E-state index >= 15 is 0 Å². The zero-order valence-electron chi connectivity index (χ0n) is 10.8. The Bertz CT molecular complexity index is 605. The van der Waals surface area contributed by atoms with E-state index in [1.165, 1.54) is 32.1 Å². The number of imidazole rings is 1. The Morgan fingerprint density at radius 3 is 2.89 bits per heavy atom. The van der Waals surface area contributed by atoms with Crippen LogP contribution >= 0.6 is 0 Å². The van der Waals surface area contributed by atoms with Crippen molar-refractivity contribution in [3.05, 3.63) is 28.8 Å². The fourth-order valence-corrected chi connectivity index (χ4v) is 3.03. The molecule has 4 nitrogen and oxygen atoms in total. The van der Waals surface area contributed by atoms with Crippen molar-refractivity contribution in [1.29, 1.82) is 0 Å². The number of hydrogen-bond acceptors (Lipinski definition) is 2. The van der Waals surface area contributed by atoms with Gasteiger partial charge >= 0.3 is 5.69 Å². The molecule has 2 heterocycles. The Balaban J connectivity index is 2.00. The lowest BCUT2D eigenvalue weighted by molar-refractivity contribution is 0.318. The quantitative estimate of drug-likeness (QED) is 0.814. The van der Waals surface area contributed by atoms with E-state index in [2.05, 4.69) is 4.98 Å². The third kappa shape index (κ3) is 1.85. The van der Waals surface area contributed by atoms with Gasteiger partial charge in [0.05, 0.1) is 5.52 Å². The maximum absolute atomic E-state index is 12.2. The third-order valence-electron chi connectivity index (χ3n) is 4.07. The van der Waals surface area contributed by atoms with Gasteiger partial charge in [0, 0.05) is 19.8 Å². The second kappa shape index (κ2) is 4.59. The molecule has 18 heavy (non-hydrogen) atoms. The first-order chi connectivity index (χ1) is 8.77. The predicted octanol–water partition coefficient (Wildman–Crippen LogP) is 2.32. The normalized spacial score (nSPS) is 17.4. The Hall–Kier alpha value is -1.58. The number of rotatable bonds is 2. The predicted molar refractivity (Wildman–Crippen MR) is 71.5 cm³/mol. The summed E-state index contributed by atoms with van der Waals surface area (Å²) < 4.78 is 3.55. The topological polar surface area (TPSA) is 39.8 Å². The highest BCUT2D eigenvalue weighted by atomic mass is 16.1. The molecule has 1 aliphatic rings. The van der Waals surface area contributed by atoms with Crippen molar-refractivity contribution in [3.8, 4) is 0 Å². The molecule has 0 unspecified atom stereocenters. The van der Waals surface area contributed by atoms with E-state index in [0.717, 1.165) is 17.7 Å². The van der Waals surface area contributed by atoms with Crippen LogP contribution in [0.4, 0.5) is 0 Å². The van der Waals surface area contributed by atoms with E-state index in [1.807, 2.05) is 23.7 Å². The Kier molecular flexibility index (Phi) is 2.94. The molecule has 2 aromatic heterocycles. The highest BCUT2D eigenvalue weighted by Crippen LogP contribution is 2.25. The number of pyridine rings is 1. The van der Waals surface area contributed by atoms with Crippen molar-refractivity contribution in [2.24, 2.45) is 13.0 Å². The van der Waals surface area contributed by atoms with Crippen LogP contribution in [0.1, 0.15) is 32.1 Å². The lowest BCUT2D eigenvalue weighted by atomic mass is 9.89. The molecular formula is C14H19N3O. The minimum atomic E-state index is 0.0641. The first kappa shape index (κ1) is 11.5. The average Bonchev–Trinajstić information content (AvgIpc) is 2.66. The molecule has 1 aliphatic carbocycles. The number of nitrogens with zero attached hydrogens (tertiary/aromatic N) is 3. The molecule has 1 saturated carbocycles. The molecule has 0 aliphatic heterocycles. The number of aromatic nitrogens is 3. The fraction of sp³-hybridized carbons (Fsp3) is 0.571. The van der Waals surface area contributed by atoms with E-state index in [-0.39, 0.29) is 5.69 Å². The summed E-state index contributed by atoms with van der Waals surface area (Å²) in [6, 6.07) is 3.84. The van der Waals surface area contributed by atoms with Gasteiger partial charge in [0.15, 0.2) is 5.65 Å². The summed E-state index contributed by atoms with van der Waals surface area (Å²) in [6.45, 7) is 0.827. The van der Waals surface area contributed by atoms with Crippen LogP contribution in [0, 0.1) is 5.92 Å². The van der Waals surface area contributed by atoms with E-state index < -0.39 is 0 Å². The summed E-state index contributed by atoms with van der Waals surface area (Å²) in [5, 5.41) is 0. The van der Waals surface area contributed by atoms with Gasteiger partial charge in [0.2, 0.25) is 0 Å². The van der Waals surface area contributed by atoms with Crippen molar-refractivity contribution in [1.82, 2.24) is 14.1 Å². The standard InChI is InChI=1S/C14H19N3O/c1-16-12-8-5-9-15-13(12)17(14(16)18)10-11-6-3-2-4-7-11/h5,8-9,11H,2-4,6-7,10H2,1H3. The van der Waals surface area contributed by atoms with Gasteiger partial charge in [-0.05, 0) is 30.9 Å². The SMILES string of the molecule is Cn1c(=O)n(CC2CCCCC2)c2ncccc21. The van der Waals surface area contributed by atoms with Gasteiger partial charge in [-0.3, -0.25) is 9.13 Å². The van der Waals surface area contributed by atoms with Crippen LogP contribution in [-0.2, 0) is 13.6 Å². The summed E-state index contributed by atoms with van der Waals surface area (Å²) in [5.41, 5.74) is 1.82. The fourth-order valence-electron chi connectivity index (χ4n) is 3.03. The van der Waals surface area contributed by atoms with Crippen molar-refractivity contribution >= 4 is 11.2 Å². The van der Waals surface area contributed by atoms with Crippen LogP contribution in [-0.4, -0.2) is 14.1 Å². The minimum absolute atomic E-state index is 0.0641. The number of aryl methyl sites for hydroxylation is 1. The van der Waals surface area contributed by atoms with Crippen LogP contribution in [0.2, 0.25) is 0 Å². The first-order valence-electron chi connectivity index (χ1n) is 6.77. The van der Waals surface area contributed by atoms with E-state index in [9.17, 15) is 4.79 Å². The molecular weight excluding hydrogens is 226 g/mol. The van der Waals surface area contributed by atoms with Crippen molar-refractivity contribution in [2.45, 2.75) is 38.6 Å². The largest absolute Gasteiger partial charge is 0.330 e. The third-order valence-corrected chi connectivity index (χ3v) is 4.07. The summed E-state index contributed by atoms with van der Waals surface area (Å²) in [6.07, 6.45) is 8.21. The number of fused-ring (bicyclic) bond motifs is 1. The molecule has 0 aromatic carbocycles. The number of hydrogen-bond donors (Lipinski definition) is 0. The monoisotopic (exact) mass is 245 g/mol. The highest BCUT2D eigenvalue weighted by Gasteiger charge is 2.18. The van der Waals surface area contributed by atoms with Crippen LogP contribution < -0.4 is 5.69 Å². The lowest BCUT2D eigenvalue weighted by Gasteiger charge is -2.21. The van der Waals surface area contributed by atoms with Gasteiger partial charge in [-0.15, -0.1) is 0 Å². The Morgan fingerprint density at radius 2 is 2.11 bits per heavy atom. The van der Waals surface area contributed by atoms with Crippen molar-refractivity contribution in [2.75, 3.05) is 0 Å². The molecule has 0 radical (unpaired) electrons. The van der Waals surface area contributed by atoms with Crippen molar-refractivity contribution in [3.63, 3.8) is 0 Å². The molecule has 2 aromatic rings. The maximum atomic E-state index is 12.2. The first-order valence-corrected chi connectivity index (χ1v) is 6.77. The molecule has 96 valence electrons. The summed E-state index contributed by atoms with van der Waals surface area (Å²) in [7, 11) is 1.82. The van der Waals surface area contributed by atoms with Gasteiger partial charge in [-0.25, -0.2) is 9.78 Å². The lowest BCUT2D eigenvalue weighted by Crippen LogP contribution is -2.26. The van der Waals surface area contributed by atoms with E-state index in [0.29, 0.717) is 5.92 Å². The molecule has 0 saturated heterocycles. The molecule has 0 bridgehead atoms. The maximum Gasteiger partial charge on any atom is 0.330 e. The summed E-state index contributed by atoms with van der Waals surface area (Å²) in [5.74, 6) is 0.643. The average molecular weight is 245 g/mol. The van der Waals surface area contributed by atoms with Gasteiger partial charge in [0.25, 0.3) is 0 Å². The van der Waals surface area contributed by atoms with Gasteiger partial charge in [-0.2, -0.15) is 0 Å². The molecule has 0 spiro atoms. The zero-order chi connectivity index (χ0) is 12.5. The molecule has 0 atom stereocenters.